The summed E-state index contributed by atoms with van der Waals surface area (Å²) in [5, 5.41) is 0. The summed E-state index contributed by atoms with van der Waals surface area (Å²) in [5.74, 6) is 3.43. The van der Waals surface area contributed by atoms with Crippen LogP contribution in [-0.4, -0.2) is 55.1 Å². The van der Waals surface area contributed by atoms with E-state index in [1.165, 1.54) is 18.4 Å². The molecule has 0 aliphatic carbocycles. The molecule has 0 aromatic heterocycles. The molecule has 2 bridgehead atoms. The van der Waals surface area contributed by atoms with Crippen molar-refractivity contribution >= 4 is 5.91 Å². The largest absolute Gasteiger partial charge is 0.496 e. The summed E-state index contributed by atoms with van der Waals surface area (Å²) < 4.78 is 11.2. The highest BCUT2D eigenvalue weighted by Gasteiger charge is 2.48. The molecule has 0 spiro atoms. The molecule has 5 nitrogen and oxygen atoms in total. The summed E-state index contributed by atoms with van der Waals surface area (Å²) in [6.45, 7) is 7.38. The molecule has 3 fully saturated rings. The van der Waals surface area contributed by atoms with E-state index in [9.17, 15) is 4.79 Å². The average molecular weight is 401 g/mol. The van der Waals surface area contributed by atoms with E-state index in [2.05, 4.69) is 35.8 Å². The molecule has 5 heteroatoms. The molecule has 0 radical (unpaired) electrons. The zero-order valence-corrected chi connectivity index (χ0v) is 18.4. The molecule has 0 saturated carbocycles. The second-order valence-electron chi connectivity index (χ2n) is 9.15. The minimum Gasteiger partial charge on any atom is -0.496 e. The Hall–Kier alpha value is -1.75. The minimum atomic E-state index is 0.412. The summed E-state index contributed by atoms with van der Waals surface area (Å²) in [5.41, 5.74) is 2.30. The zero-order chi connectivity index (χ0) is 20.5. The smallest absolute Gasteiger partial charge is 0.223 e. The Morgan fingerprint density at radius 2 is 1.93 bits per heavy atom. The third kappa shape index (κ3) is 3.74. The highest BCUT2D eigenvalue weighted by molar-refractivity contribution is 5.78. The third-order valence-corrected chi connectivity index (χ3v) is 7.41. The van der Waals surface area contributed by atoms with Crippen molar-refractivity contribution in [1.29, 1.82) is 0 Å². The van der Waals surface area contributed by atoms with E-state index in [0.29, 0.717) is 29.8 Å². The molecular weight excluding hydrogens is 364 g/mol. The van der Waals surface area contributed by atoms with Crippen LogP contribution in [0.1, 0.15) is 56.6 Å². The Morgan fingerprint density at radius 3 is 2.66 bits per heavy atom. The molecule has 4 atom stereocenters. The number of amides is 1. The van der Waals surface area contributed by atoms with Crippen LogP contribution in [0.4, 0.5) is 0 Å². The fourth-order valence-electron chi connectivity index (χ4n) is 6.27. The van der Waals surface area contributed by atoms with Crippen molar-refractivity contribution < 1.29 is 14.3 Å². The maximum absolute atomic E-state index is 12.8. The second kappa shape index (κ2) is 8.55. The van der Waals surface area contributed by atoms with Crippen LogP contribution in [0.2, 0.25) is 0 Å². The maximum atomic E-state index is 12.8. The molecule has 1 aromatic rings. The number of fused-ring (bicyclic) bond motifs is 4. The Morgan fingerprint density at radius 1 is 1.14 bits per heavy atom. The Balaban J connectivity index is 1.57. The van der Waals surface area contributed by atoms with Crippen molar-refractivity contribution in [3.8, 4) is 11.5 Å². The number of ether oxygens (including phenoxy) is 2. The van der Waals surface area contributed by atoms with Crippen molar-refractivity contribution in [2.45, 2.75) is 71.0 Å². The van der Waals surface area contributed by atoms with Gasteiger partial charge in [0.05, 0.1) is 14.2 Å². The SMILES string of the molecule is CCC[C@H]1[C@H]2C[C@H](CN(Cc3ccc(OC)c(C)c3OC)C2)[C@@H]2CCCC(=O)N21. The fraction of sp³-hybridized carbons (Fsp3) is 0.708. The van der Waals surface area contributed by atoms with E-state index < -0.39 is 0 Å². The summed E-state index contributed by atoms with van der Waals surface area (Å²) in [6, 6.07) is 5.08. The number of hydrogen-bond donors (Lipinski definition) is 0. The highest BCUT2D eigenvalue weighted by Crippen LogP contribution is 2.43. The van der Waals surface area contributed by atoms with E-state index in [1.807, 2.05) is 0 Å². The van der Waals surface area contributed by atoms with Crippen molar-refractivity contribution in [2.24, 2.45) is 11.8 Å². The average Bonchev–Trinajstić information content (AvgIpc) is 2.72. The van der Waals surface area contributed by atoms with Gasteiger partial charge in [-0.05, 0) is 50.5 Å². The Labute approximate surface area is 175 Å². The number of likely N-dealkylation sites (tertiary alicyclic amines) is 1. The summed E-state index contributed by atoms with van der Waals surface area (Å²) in [7, 11) is 3.46. The zero-order valence-electron chi connectivity index (χ0n) is 18.4. The lowest BCUT2D eigenvalue weighted by molar-refractivity contribution is -0.153. The first-order chi connectivity index (χ1) is 14.1. The molecule has 29 heavy (non-hydrogen) atoms. The van der Waals surface area contributed by atoms with Gasteiger partial charge in [0.2, 0.25) is 5.91 Å². The number of nitrogens with zero attached hydrogens (tertiary/aromatic N) is 2. The van der Waals surface area contributed by atoms with E-state index >= 15 is 0 Å². The number of hydrogen-bond acceptors (Lipinski definition) is 4. The molecule has 1 amide bonds. The number of rotatable bonds is 6. The lowest BCUT2D eigenvalue weighted by atomic mass is 9.71. The first-order valence-corrected chi connectivity index (χ1v) is 11.3. The van der Waals surface area contributed by atoms with Crippen molar-refractivity contribution in [3.05, 3.63) is 23.3 Å². The Kier molecular flexibility index (Phi) is 6.05. The van der Waals surface area contributed by atoms with Gasteiger partial charge in [-0.3, -0.25) is 9.69 Å². The molecule has 3 aliphatic heterocycles. The predicted octanol–water partition coefficient (Wildman–Crippen LogP) is 4.01. The van der Waals surface area contributed by atoms with Crippen LogP contribution in [0.15, 0.2) is 12.1 Å². The molecule has 4 rings (SSSR count). The van der Waals surface area contributed by atoms with Crippen molar-refractivity contribution in [2.75, 3.05) is 27.3 Å². The van der Waals surface area contributed by atoms with Gasteiger partial charge in [-0.2, -0.15) is 0 Å². The quantitative estimate of drug-likeness (QED) is 0.723. The first-order valence-electron chi connectivity index (χ1n) is 11.3. The van der Waals surface area contributed by atoms with Gasteiger partial charge in [0.25, 0.3) is 0 Å². The monoisotopic (exact) mass is 400 g/mol. The molecular formula is C24H36N2O3. The van der Waals surface area contributed by atoms with Crippen molar-refractivity contribution in [1.82, 2.24) is 9.80 Å². The van der Waals surface area contributed by atoms with Crippen LogP contribution in [0.5, 0.6) is 11.5 Å². The van der Waals surface area contributed by atoms with Gasteiger partial charge < -0.3 is 14.4 Å². The van der Waals surface area contributed by atoms with Gasteiger partial charge in [-0.25, -0.2) is 0 Å². The number of carbonyl (C=O) groups is 1. The van der Waals surface area contributed by atoms with E-state index in [1.54, 1.807) is 14.2 Å². The van der Waals surface area contributed by atoms with Gasteiger partial charge >= 0.3 is 0 Å². The van der Waals surface area contributed by atoms with Crippen LogP contribution in [0.3, 0.4) is 0 Å². The number of carbonyl (C=O) groups excluding carboxylic acids is 1. The van der Waals surface area contributed by atoms with Crippen LogP contribution < -0.4 is 9.47 Å². The topological polar surface area (TPSA) is 42.0 Å². The highest BCUT2D eigenvalue weighted by atomic mass is 16.5. The molecule has 3 heterocycles. The summed E-state index contributed by atoms with van der Waals surface area (Å²) >= 11 is 0. The standard InChI is InChI=1S/C24H36N2O3/c1-5-7-20-18-12-19(21-8-6-9-23(27)26(20)21)15-25(14-18)13-17-10-11-22(28-3)16(2)24(17)29-4/h10-11,18-21H,5-9,12-15H2,1-4H3/t18-,19+,20-,21-/m0/s1. The number of piperidine rings is 3. The fourth-order valence-corrected chi connectivity index (χ4v) is 6.27. The van der Waals surface area contributed by atoms with Gasteiger partial charge in [0.1, 0.15) is 11.5 Å². The van der Waals surface area contributed by atoms with Crippen LogP contribution in [-0.2, 0) is 11.3 Å². The van der Waals surface area contributed by atoms with Crippen LogP contribution in [0, 0.1) is 18.8 Å². The summed E-state index contributed by atoms with van der Waals surface area (Å²) in [6.07, 6.45) is 6.57. The van der Waals surface area contributed by atoms with Crippen molar-refractivity contribution in [3.63, 3.8) is 0 Å². The molecule has 0 N–H and O–H groups in total. The molecule has 160 valence electrons. The molecule has 0 unspecified atom stereocenters. The minimum absolute atomic E-state index is 0.412. The molecule has 1 aromatic carbocycles. The second-order valence-corrected chi connectivity index (χ2v) is 9.15. The number of benzene rings is 1. The number of methoxy groups -OCH3 is 2. The van der Waals surface area contributed by atoms with E-state index in [0.717, 1.165) is 62.4 Å². The van der Waals surface area contributed by atoms with E-state index in [4.69, 9.17) is 9.47 Å². The molecule has 3 aliphatic rings. The Bertz CT molecular complexity index is 750. The van der Waals surface area contributed by atoms with Crippen LogP contribution >= 0.6 is 0 Å². The first kappa shape index (κ1) is 20.5. The lowest BCUT2D eigenvalue weighted by Crippen LogP contribution is -2.64. The maximum Gasteiger partial charge on any atom is 0.223 e. The van der Waals surface area contributed by atoms with Gasteiger partial charge in [0, 0.05) is 49.3 Å². The third-order valence-electron chi connectivity index (χ3n) is 7.41. The van der Waals surface area contributed by atoms with Crippen LogP contribution in [0.25, 0.3) is 0 Å². The predicted molar refractivity (Wildman–Crippen MR) is 114 cm³/mol. The van der Waals surface area contributed by atoms with Gasteiger partial charge in [0.15, 0.2) is 0 Å². The van der Waals surface area contributed by atoms with E-state index in [-0.39, 0.29) is 0 Å². The normalized spacial score (nSPS) is 29.5. The van der Waals surface area contributed by atoms with Gasteiger partial charge in [-0.15, -0.1) is 0 Å². The molecule has 3 saturated heterocycles. The summed E-state index contributed by atoms with van der Waals surface area (Å²) in [4.78, 5) is 17.7. The van der Waals surface area contributed by atoms with Gasteiger partial charge in [-0.1, -0.05) is 19.4 Å². The lowest BCUT2D eigenvalue weighted by Gasteiger charge is -2.57.